The Labute approximate surface area is 143 Å². The van der Waals surface area contributed by atoms with Gasteiger partial charge in [0.25, 0.3) is 11.1 Å². The molecule has 132 valence electrons. The van der Waals surface area contributed by atoms with Crippen molar-refractivity contribution in [2.75, 3.05) is 13.1 Å². The number of benzene rings is 1. The average molecular weight is 344 g/mol. The number of piperidine rings is 1. The van der Waals surface area contributed by atoms with Crippen LogP contribution in [0.2, 0.25) is 0 Å². The number of fused-ring (bicyclic) bond motifs is 1. The molecule has 1 saturated heterocycles. The van der Waals surface area contributed by atoms with Gasteiger partial charge in [-0.1, -0.05) is 12.1 Å². The van der Waals surface area contributed by atoms with Crippen molar-refractivity contribution in [3.05, 3.63) is 45.0 Å². The fourth-order valence-electron chi connectivity index (χ4n) is 3.21. The number of aryl methyl sites for hydroxylation is 1. The van der Waals surface area contributed by atoms with E-state index in [1.54, 1.807) is 29.2 Å². The number of aromatic nitrogens is 2. The van der Waals surface area contributed by atoms with Crippen molar-refractivity contribution in [1.29, 1.82) is 0 Å². The number of likely N-dealkylation sites (tertiary alicyclic amines) is 1. The summed E-state index contributed by atoms with van der Waals surface area (Å²) in [4.78, 5) is 49.7. The van der Waals surface area contributed by atoms with E-state index in [-0.39, 0.29) is 35.9 Å². The summed E-state index contributed by atoms with van der Waals surface area (Å²) in [6, 6.07) is 6.56. The number of hydrogen-bond acceptors (Lipinski definition) is 4. The van der Waals surface area contributed by atoms with Gasteiger partial charge in [0.05, 0.1) is 23.2 Å². The Balaban J connectivity index is 1.73. The molecule has 1 aromatic carbocycles. The second-order valence-electron chi connectivity index (χ2n) is 6.27. The molecular formula is C17H20N4O4. The van der Waals surface area contributed by atoms with Crippen LogP contribution in [0.3, 0.4) is 0 Å². The van der Waals surface area contributed by atoms with Crippen molar-refractivity contribution in [2.24, 2.45) is 11.7 Å². The Hall–Kier alpha value is -2.90. The summed E-state index contributed by atoms with van der Waals surface area (Å²) >= 11 is 0. The Kier molecular flexibility index (Phi) is 4.69. The van der Waals surface area contributed by atoms with Crippen molar-refractivity contribution in [1.82, 2.24) is 14.7 Å². The van der Waals surface area contributed by atoms with Crippen LogP contribution in [-0.4, -0.2) is 39.6 Å². The van der Waals surface area contributed by atoms with E-state index >= 15 is 0 Å². The molecule has 2 amide bonds. The molecule has 0 bridgehead atoms. The Morgan fingerprint density at radius 2 is 1.92 bits per heavy atom. The van der Waals surface area contributed by atoms with Crippen LogP contribution in [0.25, 0.3) is 10.8 Å². The summed E-state index contributed by atoms with van der Waals surface area (Å²) in [7, 11) is 0. The minimum Gasteiger partial charge on any atom is -0.369 e. The predicted molar refractivity (Wildman–Crippen MR) is 91.9 cm³/mol. The van der Waals surface area contributed by atoms with Gasteiger partial charge in [-0.15, -0.1) is 0 Å². The van der Waals surface area contributed by atoms with Gasteiger partial charge >= 0.3 is 0 Å². The highest BCUT2D eigenvalue weighted by molar-refractivity contribution is 5.81. The van der Waals surface area contributed by atoms with Gasteiger partial charge in [0.15, 0.2) is 0 Å². The Bertz CT molecular complexity index is 930. The molecule has 8 heteroatoms. The second-order valence-corrected chi connectivity index (χ2v) is 6.27. The molecule has 0 aliphatic carbocycles. The SMILES string of the molecule is NC(=O)C1CCCN(C(=O)CCn2[nH]c(=O)c3ccccc3c2=O)C1. The van der Waals surface area contributed by atoms with Crippen LogP contribution in [0.1, 0.15) is 19.3 Å². The van der Waals surface area contributed by atoms with Gasteiger partial charge < -0.3 is 10.6 Å². The van der Waals surface area contributed by atoms with E-state index < -0.39 is 5.91 Å². The van der Waals surface area contributed by atoms with Crippen molar-refractivity contribution in [2.45, 2.75) is 25.8 Å². The minimum atomic E-state index is -0.396. The van der Waals surface area contributed by atoms with Crippen LogP contribution in [0.4, 0.5) is 0 Å². The largest absolute Gasteiger partial charge is 0.369 e. The molecule has 1 aliphatic rings. The predicted octanol–water partition coefficient (Wildman–Crippen LogP) is -0.196. The monoisotopic (exact) mass is 344 g/mol. The Morgan fingerprint density at radius 3 is 2.64 bits per heavy atom. The smallest absolute Gasteiger partial charge is 0.273 e. The molecule has 0 radical (unpaired) electrons. The lowest BCUT2D eigenvalue weighted by Crippen LogP contribution is -2.44. The molecule has 1 atom stereocenters. The average Bonchev–Trinajstić information content (AvgIpc) is 2.63. The zero-order valence-electron chi connectivity index (χ0n) is 13.7. The molecule has 2 aromatic rings. The summed E-state index contributed by atoms with van der Waals surface area (Å²) in [5, 5.41) is 3.16. The molecule has 1 unspecified atom stereocenters. The van der Waals surface area contributed by atoms with Crippen LogP contribution >= 0.6 is 0 Å². The zero-order valence-corrected chi connectivity index (χ0v) is 13.7. The summed E-state index contributed by atoms with van der Waals surface area (Å²) in [6.45, 7) is 0.971. The lowest BCUT2D eigenvalue weighted by molar-refractivity contribution is -0.135. The van der Waals surface area contributed by atoms with Gasteiger partial charge in [-0.25, -0.2) is 4.68 Å². The third-order valence-electron chi connectivity index (χ3n) is 4.61. The number of nitrogens with one attached hydrogen (secondary N) is 1. The fraction of sp³-hybridized carbons (Fsp3) is 0.412. The van der Waals surface area contributed by atoms with Crippen molar-refractivity contribution < 1.29 is 9.59 Å². The van der Waals surface area contributed by atoms with E-state index in [4.69, 9.17) is 5.73 Å². The van der Waals surface area contributed by atoms with E-state index in [1.165, 1.54) is 0 Å². The first-order valence-corrected chi connectivity index (χ1v) is 8.26. The number of primary amides is 1. The molecule has 0 saturated carbocycles. The molecule has 3 N–H and O–H groups in total. The first kappa shape index (κ1) is 16.9. The molecule has 0 spiro atoms. The molecule has 8 nitrogen and oxygen atoms in total. The maximum Gasteiger partial charge on any atom is 0.273 e. The summed E-state index contributed by atoms with van der Waals surface area (Å²) < 4.78 is 1.16. The zero-order chi connectivity index (χ0) is 18.0. The molecule has 1 fully saturated rings. The van der Waals surface area contributed by atoms with Gasteiger partial charge in [-0.3, -0.25) is 24.3 Å². The Morgan fingerprint density at radius 1 is 1.20 bits per heavy atom. The number of aromatic amines is 1. The second kappa shape index (κ2) is 6.92. The fourth-order valence-corrected chi connectivity index (χ4v) is 3.21. The van der Waals surface area contributed by atoms with Gasteiger partial charge in [-0.2, -0.15) is 0 Å². The van der Waals surface area contributed by atoms with Gasteiger partial charge in [0, 0.05) is 19.5 Å². The minimum absolute atomic E-state index is 0.0691. The van der Waals surface area contributed by atoms with Crippen LogP contribution < -0.4 is 16.9 Å². The highest BCUT2D eigenvalue weighted by Gasteiger charge is 2.26. The number of H-pyrrole nitrogens is 1. The van der Waals surface area contributed by atoms with E-state index in [0.717, 1.165) is 11.1 Å². The number of amides is 2. The molecule has 1 aliphatic heterocycles. The molecule has 3 rings (SSSR count). The number of carbonyl (C=O) groups excluding carboxylic acids is 2. The maximum atomic E-state index is 12.4. The van der Waals surface area contributed by atoms with Crippen LogP contribution in [0, 0.1) is 5.92 Å². The summed E-state index contributed by atoms with van der Waals surface area (Å²) in [5.74, 6) is -0.875. The van der Waals surface area contributed by atoms with E-state index in [9.17, 15) is 19.2 Å². The van der Waals surface area contributed by atoms with E-state index in [0.29, 0.717) is 30.3 Å². The lowest BCUT2D eigenvalue weighted by Gasteiger charge is -2.31. The highest BCUT2D eigenvalue weighted by atomic mass is 16.2. The summed E-state index contributed by atoms with van der Waals surface area (Å²) in [5.41, 5.74) is 4.62. The quantitative estimate of drug-likeness (QED) is 0.798. The number of rotatable bonds is 4. The number of nitrogens with zero attached hydrogens (tertiary/aromatic N) is 2. The van der Waals surface area contributed by atoms with Gasteiger partial charge in [-0.05, 0) is 25.0 Å². The molecular weight excluding hydrogens is 324 g/mol. The van der Waals surface area contributed by atoms with Crippen LogP contribution in [0.15, 0.2) is 33.9 Å². The number of hydrogen-bond donors (Lipinski definition) is 2. The molecule has 25 heavy (non-hydrogen) atoms. The van der Waals surface area contributed by atoms with Crippen LogP contribution in [-0.2, 0) is 16.1 Å². The third-order valence-corrected chi connectivity index (χ3v) is 4.61. The normalized spacial score (nSPS) is 17.6. The van der Waals surface area contributed by atoms with Crippen molar-refractivity contribution >= 4 is 22.6 Å². The molecule has 1 aromatic heterocycles. The van der Waals surface area contributed by atoms with E-state index in [2.05, 4.69) is 5.10 Å². The first-order valence-electron chi connectivity index (χ1n) is 8.26. The van der Waals surface area contributed by atoms with E-state index in [1.807, 2.05) is 0 Å². The first-order chi connectivity index (χ1) is 12.0. The lowest BCUT2D eigenvalue weighted by atomic mass is 9.97. The third kappa shape index (κ3) is 3.47. The van der Waals surface area contributed by atoms with Crippen molar-refractivity contribution in [3.63, 3.8) is 0 Å². The standard InChI is InChI=1S/C17H20N4O4/c18-15(23)11-4-3-8-20(10-11)14(22)7-9-21-17(25)13-6-2-1-5-12(13)16(24)19-21/h1-2,5-6,11H,3-4,7-10H2,(H2,18,23)(H,19,24). The van der Waals surface area contributed by atoms with Gasteiger partial charge in [0.2, 0.25) is 11.8 Å². The van der Waals surface area contributed by atoms with Crippen LogP contribution in [0.5, 0.6) is 0 Å². The van der Waals surface area contributed by atoms with Crippen molar-refractivity contribution in [3.8, 4) is 0 Å². The number of carbonyl (C=O) groups is 2. The summed E-state index contributed by atoms with van der Waals surface area (Å²) in [6.07, 6.45) is 1.49. The highest BCUT2D eigenvalue weighted by Crippen LogP contribution is 2.16. The van der Waals surface area contributed by atoms with Gasteiger partial charge in [0.1, 0.15) is 0 Å². The molecule has 2 heterocycles. The number of nitrogens with two attached hydrogens (primary N) is 1. The topological polar surface area (TPSA) is 118 Å². The maximum absolute atomic E-state index is 12.4.